The van der Waals surface area contributed by atoms with Crippen LogP contribution >= 0.6 is 0 Å². The third-order valence-electron chi connectivity index (χ3n) is 3.32. The van der Waals surface area contributed by atoms with Gasteiger partial charge in [0.25, 0.3) is 0 Å². The second-order valence-electron chi connectivity index (χ2n) is 5.19. The lowest BCUT2D eigenvalue weighted by Gasteiger charge is -2.31. The second-order valence-corrected chi connectivity index (χ2v) is 5.19. The van der Waals surface area contributed by atoms with Crippen LogP contribution in [0.3, 0.4) is 0 Å². The van der Waals surface area contributed by atoms with Gasteiger partial charge in [-0.25, -0.2) is 0 Å². The lowest BCUT2D eigenvalue weighted by Crippen LogP contribution is -2.37. The minimum Gasteiger partial charge on any atom is -0.394 e. The van der Waals surface area contributed by atoms with Crippen molar-refractivity contribution in [3.8, 4) is 0 Å². The van der Waals surface area contributed by atoms with E-state index < -0.39 is 0 Å². The molecule has 0 fully saturated rings. The van der Waals surface area contributed by atoms with Crippen LogP contribution in [-0.2, 0) is 9.53 Å². The molecule has 0 saturated heterocycles. The van der Waals surface area contributed by atoms with E-state index in [9.17, 15) is 4.79 Å². The van der Waals surface area contributed by atoms with Crippen molar-refractivity contribution < 1.29 is 14.6 Å². The Bertz CT molecular complexity index is 299. The quantitative estimate of drug-likeness (QED) is 0.382. The van der Waals surface area contributed by atoms with E-state index in [2.05, 4.69) is 25.1 Å². The summed E-state index contributed by atoms with van der Waals surface area (Å²) in [7, 11) is 0. The van der Waals surface area contributed by atoms with Crippen molar-refractivity contribution in [2.45, 2.75) is 32.1 Å². The molecule has 2 N–H and O–H groups in total. The van der Waals surface area contributed by atoms with Gasteiger partial charge in [-0.05, 0) is 31.1 Å². The van der Waals surface area contributed by atoms with Gasteiger partial charge in [-0.15, -0.1) is 19.7 Å². The Morgan fingerprint density at radius 2 is 1.67 bits per heavy atom. The molecule has 0 aliphatic carbocycles. The van der Waals surface area contributed by atoms with E-state index in [1.54, 1.807) is 0 Å². The minimum atomic E-state index is -0.0751. The number of hydrogen-bond donors (Lipinski definition) is 2. The smallest absolute Gasteiger partial charge is 0.220 e. The highest BCUT2D eigenvalue weighted by Gasteiger charge is 2.26. The molecule has 0 heterocycles. The summed E-state index contributed by atoms with van der Waals surface area (Å²) in [5.41, 5.74) is -0.0751. The summed E-state index contributed by atoms with van der Waals surface area (Å²) in [4.78, 5) is 11.8. The fourth-order valence-corrected chi connectivity index (χ4v) is 2.26. The van der Waals surface area contributed by atoms with Crippen molar-refractivity contribution in [1.82, 2.24) is 5.32 Å². The van der Waals surface area contributed by atoms with Gasteiger partial charge >= 0.3 is 0 Å². The molecule has 120 valence electrons. The van der Waals surface area contributed by atoms with Gasteiger partial charge in [0.2, 0.25) is 5.91 Å². The van der Waals surface area contributed by atoms with Gasteiger partial charge in [0.05, 0.1) is 13.2 Å². The van der Waals surface area contributed by atoms with Gasteiger partial charge in [-0.1, -0.05) is 18.2 Å². The van der Waals surface area contributed by atoms with Crippen molar-refractivity contribution in [1.29, 1.82) is 0 Å². The molecule has 21 heavy (non-hydrogen) atoms. The molecule has 4 nitrogen and oxygen atoms in total. The highest BCUT2D eigenvalue weighted by molar-refractivity contribution is 5.75. The number of allylic oxidation sites excluding steroid dienone is 3. The molecule has 0 aromatic heterocycles. The zero-order valence-electron chi connectivity index (χ0n) is 13.0. The molecule has 0 spiro atoms. The maximum atomic E-state index is 11.8. The Hall–Kier alpha value is -1.39. The van der Waals surface area contributed by atoms with E-state index in [1.807, 2.05) is 18.2 Å². The summed E-state index contributed by atoms with van der Waals surface area (Å²) >= 11 is 0. The normalized spacial score (nSPS) is 10.9. The molecule has 0 radical (unpaired) electrons. The zero-order valence-corrected chi connectivity index (χ0v) is 13.0. The van der Waals surface area contributed by atoms with Crippen LogP contribution in [0.5, 0.6) is 0 Å². The summed E-state index contributed by atoms with van der Waals surface area (Å²) < 4.78 is 5.12. The average molecular weight is 295 g/mol. The van der Waals surface area contributed by atoms with E-state index in [4.69, 9.17) is 9.84 Å². The number of rotatable bonds is 14. The fraction of sp³-hybridized carbons (Fsp3) is 0.588. The highest BCUT2D eigenvalue weighted by atomic mass is 16.5. The third-order valence-corrected chi connectivity index (χ3v) is 3.32. The summed E-state index contributed by atoms with van der Waals surface area (Å²) in [5, 5.41) is 11.6. The Morgan fingerprint density at radius 1 is 1.10 bits per heavy atom. The summed E-state index contributed by atoms with van der Waals surface area (Å²) in [6.45, 7) is 12.8. The zero-order chi connectivity index (χ0) is 16.0. The summed E-state index contributed by atoms with van der Waals surface area (Å²) in [6.07, 6.45) is 9.15. The summed E-state index contributed by atoms with van der Waals surface area (Å²) in [6, 6.07) is 0. The molecule has 0 atom stereocenters. The number of aliphatic hydroxyl groups is 1. The predicted molar refractivity (Wildman–Crippen MR) is 87.0 cm³/mol. The van der Waals surface area contributed by atoms with Gasteiger partial charge in [-0.3, -0.25) is 4.79 Å². The maximum Gasteiger partial charge on any atom is 0.220 e. The number of ether oxygens (including phenoxy) is 1. The molecule has 0 bridgehead atoms. The molecule has 0 aromatic carbocycles. The lowest BCUT2D eigenvalue weighted by atomic mass is 9.78. The molecule has 0 aliphatic rings. The number of hydrogen-bond acceptors (Lipinski definition) is 3. The minimum absolute atomic E-state index is 0.0133. The molecule has 0 saturated carbocycles. The van der Waals surface area contributed by atoms with Crippen LogP contribution in [0, 0.1) is 5.41 Å². The monoisotopic (exact) mass is 295 g/mol. The van der Waals surface area contributed by atoms with E-state index in [-0.39, 0.29) is 17.9 Å². The molecule has 1 amide bonds. The van der Waals surface area contributed by atoms with E-state index >= 15 is 0 Å². The van der Waals surface area contributed by atoms with E-state index in [1.165, 1.54) is 0 Å². The van der Waals surface area contributed by atoms with Crippen LogP contribution in [0.15, 0.2) is 38.0 Å². The number of amides is 1. The fourth-order valence-electron chi connectivity index (χ4n) is 2.26. The van der Waals surface area contributed by atoms with Gasteiger partial charge in [-0.2, -0.15) is 0 Å². The van der Waals surface area contributed by atoms with Crippen LogP contribution in [0.2, 0.25) is 0 Å². The van der Waals surface area contributed by atoms with Crippen LogP contribution in [-0.4, -0.2) is 37.4 Å². The van der Waals surface area contributed by atoms with Gasteiger partial charge < -0.3 is 15.2 Å². The predicted octanol–water partition coefficient (Wildman–Crippen LogP) is 2.61. The Labute approximate surface area is 128 Å². The lowest BCUT2D eigenvalue weighted by molar-refractivity contribution is -0.122. The van der Waals surface area contributed by atoms with Crippen LogP contribution in [0.1, 0.15) is 32.1 Å². The average Bonchev–Trinajstić information content (AvgIpc) is 2.46. The molecule has 0 unspecified atom stereocenters. The van der Waals surface area contributed by atoms with E-state index in [0.29, 0.717) is 32.6 Å². The largest absolute Gasteiger partial charge is 0.394 e. The molecule has 0 aliphatic heterocycles. The maximum absolute atomic E-state index is 11.8. The first-order valence-electron chi connectivity index (χ1n) is 7.42. The molecule has 0 aromatic rings. The third kappa shape index (κ3) is 9.21. The molecule has 0 rings (SSSR count). The first kappa shape index (κ1) is 19.6. The topological polar surface area (TPSA) is 58.6 Å². The van der Waals surface area contributed by atoms with Crippen LogP contribution in [0.25, 0.3) is 0 Å². The highest BCUT2D eigenvalue weighted by Crippen LogP contribution is 2.31. The van der Waals surface area contributed by atoms with Crippen molar-refractivity contribution in [2.24, 2.45) is 5.41 Å². The van der Waals surface area contributed by atoms with Crippen LogP contribution in [0.4, 0.5) is 0 Å². The molecule has 4 heteroatoms. The van der Waals surface area contributed by atoms with Gasteiger partial charge in [0.15, 0.2) is 0 Å². The number of aliphatic hydroxyl groups excluding tert-OH is 1. The van der Waals surface area contributed by atoms with Gasteiger partial charge in [0, 0.05) is 19.6 Å². The molecular weight excluding hydrogens is 266 g/mol. The summed E-state index contributed by atoms with van der Waals surface area (Å²) in [5.74, 6) is 0.0177. The number of nitrogens with one attached hydrogen (secondary N) is 1. The SMILES string of the molecule is C=CCC(CC=C)(CC=C)CNC(=O)CCCOCCO. The second kappa shape index (κ2) is 12.4. The molecular formula is C17H29NO3. The Balaban J connectivity index is 4.20. The van der Waals surface area contributed by atoms with Crippen LogP contribution < -0.4 is 5.32 Å². The van der Waals surface area contributed by atoms with Crippen molar-refractivity contribution in [3.05, 3.63) is 38.0 Å². The first-order chi connectivity index (χ1) is 10.1. The first-order valence-corrected chi connectivity index (χ1v) is 7.42. The van der Waals surface area contributed by atoms with Gasteiger partial charge in [0.1, 0.15) is 0 Å². The standard InChI is InChI=1S/C17H29NO3/c1-4-9-17(10-5-2,11-6-3)15-18-16(20)8-7-13-21-14-12-19/h4-6,19H,1-3,7-15H2,(H,18,20). The number of carbonyl (C=O) groups excluding carboxylic acids is 1. The van der Waals surface area contributed by atoms with Crippen molar-refractivity contribution in [3.63, 3.8) is 0 Å². The number of carbonyl (C=O) groups is 1. The van der Waals surface area contributed by atoms with Crippen molar-refractivity contribution >= 4 is 5.91 Å². The van der Waals surface area contributed by atoms with E-state index in [0.717, 1.165) is 19.3 Å². The Kier molecular flexibility index (Phi) is 11.5. The Morgan fingerprint density at radius 3 is 2.14 bits per heavy atom. The van der Waals surface area contributed by atoms with Crippen molar-refractivity contribution in [2.75, 3.05) is 26.4 Å².